The number of hydrogen-bond donors (Lipinski definition) is 1. The summed E-state index contributed by atoms with van der Waals surface area (Å²) in [5.41, 5.74) is 3.34. The van der Waals surface area contributed by atoms with E-state index in [1.165, 1.54) is 0 Å². The minimum absolute atomic E-state index is 0.330. The average molecular weight is 459 g/mol. The molecule has 0 fully saturated rings. The molecule has 2 N–H and O–H groups in total. The number of halogens is 1. The first kappa shape index (κ1) is 18.8. The molecule has 0 saturated carbocycles. The topological polar surface area (TPSA) is 90.6 Å². The molecule has 4 rings (SSSR count). The van der Waals surface area contributed by atoms with Gasteiger partial charge in [-0.25, -0.2) is 0 Å². The molecule has 1 aliphatic heterocycles. The van der Waals surface area contributed by atoms with Gasteiger partial charge in [0, 0.05) is 27.0 Å². The summed E-state index contributed by atoms with van der Waals surface area (Å²) in [6, 6.07) is 13.0. The minimum Gasteiger partial charge on any atom is -0.432 e. The summed E-state index contributed by atoms with van der Waals surface area (Å²) in [5, 5.41) is 15.8. The number of aromatic nitrogens is 3. The van der Waals surface area contributed by atoms with E-state index in [1.54, 1.807) is 30.0 Å². The van der Waals surface area contributed by atoms with Gasteiger partial charge in [-0.3, -0.25) is 0 Å². The Morgan fingerprint density at radius 3 is 2.82 bits per heavy atom. The lowest BCUT2D eigenvalue weighted by atomic mass is 10.1. The summed E-state index contributed by atoms with van der Waals surface area (Å²) in [6.45, 7) is 2.11. The largest absolute Gasteiger partial charge is 0.432 e. The fourth-order valence-electron chi connectivity index (χ4n) is 2.84. The number of fused-ring (bicyclic) bond motifs is 3. The maximum Gasteiger partial charge on any atom is 0.386 e. The molecule has 0 bridgehead atoms. The zero-order valence-electron chi connectivity index (χ0n) is 15.0. The van der Waals surface area contributed by atoms with Crippen molar-refractivity contribution in [3.63, 3.8) is 0 Å². The second-order valence-corrected chi connectivity index (χ2v) is 8.17. The first-order valence-corrected chi connectivity index (χ1v) is 10.5. The average Bonchev–Trinajstić information content (AvgIpc) is 2.88. The Morgan fingerprint density at radius 1 is 1.25 bits per heavy atom. The lowest BCUT2D eigenvalue weighted by Gasteiger charge is -2.18. The van der Waals surface area contributed by atoms with Crippen molar-refractivity contribution in [3.05, 3.63) is 57.4 Å². The minimum atomic E-state index is -0.473. The molecule has 1 unspecified atom stereocenters. The molecule has 28 heavy (non-hydrogen) atoms. The molecule has 9 heteroatoms. The monoisotopic (exact) mass is 458 g/mol. The summed E-state index contributed by atoms with van der Waals surface area (Å²) >= 11 is 5.05. The highest BCUT2D eigenvalue weighted by Gasteiger charge is 2.29. The third-order valence-electron chi connectivity index (χ3n) is 4.18. The summed E-state index contributed by atoms with van der Waals surface area (Å²) in [7, 11) is 0. The Kier molecular flexibility index (Phi) is 5.54. The smallest absolute Gasteiger partial charge is 0.386 e. The van der Waals surface area contributed by atoms with E-state index in [0.717, 1.165) is 27.8 Å². The number of nitroso groups, excluding NO2 is 1. The molecule has 1 atom stereocenters. The van der Waals surface area contributed by atoms with Crippen LogP contribution in [0.5, 0.6) is 5.88 Å². The highest BCUT2D eigenvalue weighted by molar-refractivity contribution is 9.10. The standard InChI is InChI=1S/C19H16BrN5O2S/c1-2-9-28-19-22-18-16(23-24-19)14-8-7-13(25-26)10-15(14)21-17(27-18)11-3-5-12(20)6-4-11/h3-8,10,17,21H,2,9H2,1H3/p+1. The van der Waals surface area contributed by atoms with Crippen molar-refractivity contribution in [3.8, 4) is 17.1 Å². The van der Waals surface area contributed by atoms with E-state index in [-0.39, 0.29) is 0 Å². The maximum absolute atomic E-state index is 11.0. The molecule has 0 aliphatic carbocycles. The molecule has 0 saturated heterocycles. The Hall–Kier alpha value is -2.52. The Morgan fingerprint density at radius 2 is 2.07 bits per heavy atom. The van der Waals surface area contributed by atoms with Gasteiger partial charge < -0.3 is 10.1 Å². The number of nitrogens with zero attached hydrogens (tertiary/aromatic N) is 3. The normalized spacial score (nSPS) is 14.9. The van der Waals surface area contributed by atoms with Crippen LogP contribution in [0.15, 0.2) is 57.3 Å². The van der Waals surface area contributed by atoms with E-state index in [1.807, 2.05) is 24.3 Å². The van der Waals surface area contributed by atoms with Crippen molar-refractivity contribution in [2.75, 3.05) is 11.1 Å². The van der Waals surface area contributed by atoms with Crippen LogP contribution in [0.1, 0.15) is 25.1 Å². The molecule has 2 heterocycles. The van der Waals surface area contributed by atoms with Crippen LogP contribution in [-0.2, 0) is 0 Å². The highest BCUT2D eigenvalue weighted by atomic mass is 79.9. The highest BCUT2D eigenvalue weighted by Crippen LogP contribution is 2.40. The Bertz CT molecular complexity index is 1020. The van der Waals surface area contributed by atoms with Crippen LogP contribution in [0.3, 0.4) is 0 Å². The predicted molar refractivity (Wildman–Crippen MR) is 112 cm³/mol. The van der Waals surface area contributed by atoms with Gasteiger partial charge in [-0.2, -0.15) is 4.98 Å². The number of aromatic amines is 1. The van der Waals surface area contributed by atoms with E-state index in [2.05, 4.69) is 48.5 Å². The number of anilines is 1. The Labute approximate surface area is 174 Å². The summed E-state index contributed by atoms with van der Waals surface area (Å²) in [4.78, 5) is 14.3. The van der Waals surface area contributed by atoms with Crippen molar-refractivity contribution in [2.45, 2.75) is 24.7 Å². The van der Waals surface area contributed by atoms with Gasteiger partial charge in [-0.15, -0.1) is 4.91 Å². The van der Waals surface area contributed by atoms with Gasteiger partial charge in [-0.1, -0.05) is 35.0 Å². The molecule has 1 aliphatic rings. The molecule has 7 nitrogen and oxygen atoms in total. The van der Waals surface area contributed by atoms with Crippen LogP contribution >= 0.6 is 27.7 Å². The van der Waals surface area contributed by atoms with Crippen molar-refractivity contribution in [2.24, 2.45) is 5.18 Å². The second kappa shape index (κ2) is 8.24. The zero-order valence-corrected chi connectivity index (χ0v) is 17.4. The van der Waals surface area contributed by atoms with E-state index in [4.69, 9.17) is 4.74 Å². The lowest BCUT2D eigenvalue weighted by Crippen LogP contribution is -2.22. The zero-order chi connectivity index (χ0) is 19.5. The van der Waals surface area contributed by atoms with E-state index in [0.29, 0.717) is 28.1 Å². The number of thioether (sulfide) groups is 1. The van der Waals surface area contributed by atoms with Crippen LogP contribution in [0.4, 0.5) is 11.4 Å². The van der Waals surface area contributed by atoms with Gasteiger partial charge in [0.05, 0.1) is 5.10 Å². The number of hydrogen-bond acceptors (Lipinski definition) is 7. The fraction of sp³-hybridized carbons (Fsp3) is 0.211. The van der Waals surface area contributed by atoms with Gasteiger partial charge >= 0.3 is 11.0 Å². The van der Waals surface area contributed by atoms with Crippen LogP contribution < -0.4 is 15.0 Å². The third kappa shape index (κ3) is 3.85. The van der Waals surface area contributed by atoms with E-state index in [9.17, 15) is 4.91 Å². The van der Waals surface area contributed by atoms with E-state index >= 15 is 0 Å². The molecule has 3 aromatic rings. The quantitative estimate of drug-likeness (QED) is 0.421. The van der Waals surface area contributed by atoms with Crippen LogP contribution in [0.25, 0.3) is 11.3 Å². The molecule has 0 spiro atoms. The Balaban J connectivity index is 1.81. The van der Waals surface area contributed by atoms with Crippen molar-refractivity contribution >= 4 is 39.1 Å². The predicted octanol–water partition coefficient (Wildman–Crippen LogP) is 5.12. The van der Waals surface area contributed by atoms with Crippen molar-refractivity contribution < 1.29 is 9.72 Å². The van der Waals surface area contributed by atoms with Crippen LogP contribution in [0, 0.1) is 4.91 Å². The number of H-pyrrole nitrogens is 1. The van der Waals surface area contributed by atoms with Crippen molar-refractivity contribution in [1.29, 1.82) is 0 Å². The molecular weight excluding hydrogens is 442 g/mol. The van der Waals surface area contributed by atoms with Crippen LogP contribution in [-0.4, -0.2) is 16.0 Å². The summed E-state index contributed by atoms with van der Waals surface area (Å²) in [5.74, 6) is 1.46. The first-order chi connectivity index (χ1) is 13.7. The van der Waals surface area contributed by atoms with Gasteiger partial charge in [0.1, 0.15) is 5.69 Å². The van der Waals surface area contributed by atoms with Crippen LogP contribution in [0.2, 0.25) is 0 Å². The second-order valence-electron chi connectivity index (χ2n) is 6.17. The lowest BCUT2D eigenvalue weighted by molar-refractivity contribution is -0.449. The first-order valence-electron chi connectivity index (χ1n) is 8.77. The molecule has 0 radical (unpaired) electrons. The molecule has 2 aromatic carbocycles. The van der Waals surface area contributed by atoms with Gasteiger partial charge in [0.15, 0.2) is 6.23 Å². The molecule has 1 aromatic heterocycles. The fourth-order valence-corrected chi connectivity index (χ4v) is 3.76. The SMILES string of the molecule is CCCSc1nnc2c([nH+]1)OC(c1ccc(Br)cc1)Nc1cc(N=O)ccc1-2. The molecule has 142 valence electrons. The van der Waals surface area contributed by atoms with Gasteiger partial charge in [-0.05, 0) is 58.8 Å². The summed E-state index contributed by atoms with van der Waals surface area (Å²) < 4.78 is 7.23. The maximum atomic E-state index is 11.0. The summed E-state index contributed by atoms with van der Waals surface area (Å²) in [6.07, 6.45) is 0.561. The molecular formula is C19H17BrN5O2S+. The van der Waals surface area contributed by atoms with Crippen molar-refractivity contribution in [1.82, 2.24) is 10.2 Å². The van der Waals surface area contributed by atoms with Gasteiger partial charge in [0.25, 0.3) is 0 Å². The number of ether oxygens (including phenoxy) is 1. The number of benzene rings is 2. The number of nitrogens with one attached hydrogen (secondary N) is 2. The number of rotatable bonds is 5. The van der Waals surface area contributed by atoms with E-state index < -0.39 is 6.23 Å². The molecule has 0 amide bonds. The van der Waals surface area contributed by atoms with Gasteiger partial charge in [0.2, 0.25) is 5.69 Å². The third-order valence-corrected chi connectivity index (χ3v) is 5.78.